The van der Waals surface area contributed by atoms with Gasteiger partial charge in [0.2, 0.25) is 0 Å². The maximum Gasteiger partial charge on any atom is 0.261 e. The van der Waals surface area contributed by atoms with Crippen LogP contribution < -0.4 is 16.0 Å². The first-order valence-corrected chi connectivity index (χ1v) is 9.84. The number of aromatic nitrogens is 2. The Morgan fingerprint density at radius 1 is 1.36 bits per heavy atom. The predicted molar refractivity (Wildman–Crippen MR) is 110 cm³/mol. The van der Waals surface area contributed by atoms with Crippen LogP contribution in [-0.2, 0) is 6.42 Å². The van der Waals surface area contributed by atoms with Crippen molar-refractivity contribution in [3.05, 3.63) is 44.9 Å². The second kappa shape index (κ2) is 7.41. The minimum Gasteiger partial charge on any atom is -0.492 e. The van der Waals surface area contributed by atoms with Gasteiger partial charge in [-0.1, -0.05) is 34.1 Å². The van der Waals surface area contributed by atoms with Crippen LogP contribution in [0.4, 0.5) is 0 Å². The Hall–Kier alpha value is -2.63. The number of primary amides is 1. The minimum atomic E-state index is -0.716. The van der Waals surface area contributed by atoms with E-state index in [-0.39, 0.29) is 16.9 Å². The number of carbonyl (C=O) groups is 1. The van der Waals surface area contributed by atoms with Gasteiger partial charge < -0.3 is 15.5 Å². The molecule has 0 radical (unpaired) electrons. The molecule has 1 atom stereocenters. The quantitative estimate of drug-likeness (QED) is 0.769. The van der Waals surface area contributed by atoms with Gasteiger partial charge in [-0.15, -0.1) is 0 Å². The average molecular weight is 383 g/mol. The molecule has 1 aliphatic carbocycles. The summed E-state index contributed by atoms with van der Waals surface area (Å²) in [6.07, 6.45) is 2.82. The third kappa shape index (κ3) is 3.68. The van der Waals surface area contributed by atoms with Crippen LogP contribution in [0.3, 0.4) is 0 Å². The highest BCUT2D eigenvalue weighted by atomic mass is 16.5. The van der Waals surface area contributed by atoms with Crippen molar-refractivity contribution in [3.63, 3.8) is 0 Å². The van der Waals surface area contributed by atoms with Crippen molar-refractivity contribution in [2.24, 2.45) is 11.1 Å². The maximum atomic E-state index is 12.4. The number of pyridine rings is 2. The molecule has 28 heavy (non-hydrogen) atoms. The van der Waals surface area contributed by atoms with Gasteiger partial charge in [0, 0.05) is 0 Å². The predicted octanol–water partition coefficient (Wildman–Crippen LogP) is 3.71. The van der Waals surface area contributed by atoms with Crippen LogP contribution in [-0.4, -0.2) is 22.5 Å². The number of ether oxygens (including phenoxy) is 1. The van der Waals surface area contributed by atoms with Crippen LogP contribution in [0.1, 0.15) is 73.6 Å². The van der Waals surface area contributed by atoms with Gasteiger partial charge in [0.15, 0.2) is 0 Å². The van der Waals surface area contributed by atoms with Crippen molar-refractivity contribution < 1.29 is 9.53 Å². The molecule has 6 heteroatoms. The van der Waals surface area contributed by atoms with Gasteiger partial charge in [0.05, 0.1) is 23.7 Å². The third-order valence-electron chi connectivity index (χ3n) is 5.42. The Morgan fingerprint density at radius 2 is 2.07 bits per heavy atom. The Balaban J connectivity index is 2.18. The van der Waals surface area contributed by atoms with Gasteiger partial charge in [-0.2, -0.15) is 0 Å². The molecule has 0 fully saturated rings. The van der Waals surface area contributed by atoms with E-state index in [0.29, 0.717) is 12.3 Å². The number of fused-ring (bicyclic) bond motifs is 3. The zero-order valence-corrected chi connectivity index (χ0v) is 17.3. The van der Waals surface area contributed by atoms with E-state index in [0.717, 1.165) is 47.5 Å². The molecular weight excluding hydrogens is 354 g/mol. The van der Waals surface area contributed by atoms with Crippen molar-refractivity contribution in [3.8, 4) is 17.1 Å². The van der Waals surface area contributed by atoms with Crippen molar-refractivity contribution in [2.45, 2.75) is 59.8 Å². The molecule has 150 valence electrons. The smallest absolute Gasteiger partial charge is 0.261 e. The zero-order chi connectivity index (χ0) is 20.6. The highest BCUT2D eigenvalue weighted by molar-refractivity contribution is 5.93. The van der Waals surface area contributed by atoms with E-state index in [1.54, 1.807) is 6.07 Å². The normalized spacial score (nSPS) is 15.7. The van der Waals surface area contributed by atoms with Gasteiger partial charge in [0.25, 0.3) is 11.5 Å². The summed E-state index contributed by atoms with van der Waals surface area (Å²) in [6.45, 7) is 11.2. The van der Waals surface area contributed by atoms with Crippen LogP contribution in [0.2, 0.25) is 0 Å². The summed E-state index contributed by atoms with van der Waals surface area (Å²) in [5.41, 5.74) is 9.03. The molecule has 1 unspecified atom stereocenters. The van der Waals surface area contributed by atoms with E-state index in [1.165, 1.54) is 0 Å². The van der Waals surface area contributed by atoms with Crippen molar-refractivity contribution in [1.29, 1.82) is 0 Å². The molecule has 0 saturated carbocycles. The molecule has 0 saturated heterocycles. The Bertz CT molecular complexity index is 970. The molecule has 2 aromatic heterocycles. The fourth-order valence-corrected chi connectivity index (χ4v) is 3.77. The van der Waals surface area contributed by atoms with Gasteiger partial charge in [0.1, 0.15) is 11.3 Å². The highest BCUT2D eigenvalue weighted by Gasteiger charge is 2.35. The summed E-state index contributed by atoms with van der Waals surface area (Å²) >= 11 is 0. The molecule has 0 aliphatic heterocycles. The van der Waals surface area contributed by atoms with Crippen LogP contribution in [0.25, 0.3) is 11.4 Å². The monoisotopic (exact) mass is 383 g/mol. The lowest BCUT2D eigenvalue weighted by molar-refractivity contribution is 0.0998. The highest BCUT2D eigenvalue weighted by Crippen LogP contribution is 2.46. The molecule has 0 spiro atoms. The number of nitrogens with one attached hydrogen (secondary N) is 1. The number of rotatable bonds is 5. The summed E-state index contributed by atoms with van der Waals surface area (Å²) in [5.74, 6) is 0.184. The van der Waals surface area contributed by atoms with Crippen molar-refractivity contribution in [1.82, 2.24) is 9.97 Å². The number of unbranched alkanes of at least 4 members (excludes halogenated alkanes) is 1. The number of amides is 1. The standard InChI is InChI=1S/C22H29N3O3/c1-6-7-8-28-17-10-13-9-16(22(3,4)5)14-11-15(20(23)26)21(27)25-19(14)18(13)24-12(17)2/h10-11,16H,6-9H2,1-5H3,(H2,23,26)(H,25,27). The number of hydrogen-bond acceptors (Lipinski definition) is 4. The molecule has 2 aromatic rings. The topological polar surface area (TPSA) is 98.1 Å². The summed E-state index contributed by atoms with van der Waals surface area (Å²) in [6, 6.07) is 3.70. The number of aromatic amines is 1. The zero-order valence-electron chi connectivity index (χ0n) is 17.3. The van der Waals surface area contributed by atoms with Gasteiger partial charge >= 0.3 is 0 Å². The lowest BCUT2D eigenvalue weighted by atomic mass is 9.69. The fraction of sp³-hybridized carbons (Fsp3) is 0.500. The molecule has 3 rings (SSSR count). The lowest BCUT2D eigenvalue weighted by Crippen LogP contribution is -2.30. The fourth-order valence-electron chi connectivity index (χ4n) is 3.77. The first-order chi connectivity index (χ1) is 13.1. The number of carbonyl (C=O) groups excluding carboxylic acids is 1. The number of hydrogen-bond donors (Lipinski definition) is 2. The Labute approximate surface area is 165 Å². The summed E-state index contributed by atoms with van der Waals surface area (Å²) in [4.78, 5) is 31.7. The Morgan fingerprint density at radius 3 is 2.68 bits per heavy atom. The van der Waals surface area contributed by atoms with Crippen LogP contribution in [0.15, 0.2) is 16.9 Å². The number of aryl methyl sites for hydroxylation is 1. The summed E-state index contributed by atoms with van der Waals surface area (Å²) in [7, 11) is 0. The molecule has 0 aromatic carbocycles. The first kappa shape index (κ1) is 20.1. The van der Waals surface area contributed by atoms with E-state index in [9.17, 15) is 9.59 Å². The number of nitrogens with two attached hydrogens (primary N) is 1. The molecule has 1 aliphatic rings. The molecular formula is C22H29N3O3. The summed E-state index contributed by atoms with van der Waals surface area (Å²) in [5, 5.41) is 0. The maximum absolute atomic E-state index is 12.4. The second-order valence-corrected chi connectivity index (χ2v) is 8.61. The van der Waals surface area contributed by atoms with Crippen LogP contribution in [0, 0.1) is 12.3 Å². The average Bonchev–Trinajstić information content (AvgIpc) is 2.60. The minimum absolute atomic E-state index is 0.00677. The molecule has 6 nitrogen and oxygen atoms in total. The van der Waals surface area contributed by atoms with Crippen LogP contribution >= 0.6 is 0 Å². The number of nitrogens with zero attached hydrogens (tertiary/aromatic N) is 1. The van der Waals surface area contributed by atoms with E-state index < -0.39 is 11.5 Å². The van der Waals surface area contributed by atoms with Crippen LogP contribution in [0.5, 0.6) is 5.75 Å². The molecule has 1 amide bonds. The second-order valence-electron chi connectivity index (χ2n) is 8.61. The van der Waals surface area contributed by atoms with Crippen molar-refractivity contribution in [2.75, 3.05) is 6.61 Å². The lowest BCUT2D eigenvalue weighted by Gasteiger charge is -2.36. The SMILES string of the molecule is CCCCOc1cc2c(nc1C)-c1[nH]c(=O)c(C(N)=O)cc1C(C(C)(C)C)C2. The third-order valence-corrected chi connectivity index (χ3v) is 5.42. The van der Waals surface area contributed by atoms with E-state index >= 15 is 0 Å². The Kier molecular flexibility index (Phi) is 5.33. The molecule has 2 heterocycles. The van der Waals surface area contributed by atoms with Gasteiger partial charge in [-0.3, -0.25) is 9.59 Å². The first-order valence-electron chi connectivity index (χ1n) is 9.84. The van der Waals surface area contributed by atoms with Crippen molar-refractivity contribution >= 4 is 5.91 Å². The van der Waals surface area contributed by atoms with Gasteiger partial charge in [-0.25, -0.2) is 4.98 Å². The van der Waals surface area contributed by atoms with Gasteiger partial charge in [-0.05, 0) is 54.4 Å². The summed E-state index contributed by atoms with van der Waals surface area (Å²) < 4.78 is 5.93. The van der Waals surface area contributed by atoms with E-state index in [4.69, 9.17) is 15.5 Å². The van der Waals surface area contributed by atoms with E-state index in [2.05, 4.69) is 38.7 Å². The largest absolute Gasteiger partial charge is 0.492 e. The number of H-pyrrole nitrogens is 1. The molecule has 3 N–H and O–H groups in total. The van der Waals surface area contributed by atoms with E-state index in [1.807, 2.05) is 6.92 Å². The molecule has 0 bridgehead atoms.